The van der Waals surface area contributed by atoms with Gasteiger partial charge >= 0.3 is 0 Å². The van der Waals surface area contributed by atoms with Crippen molar-refractivity contribution >= 4 is 46.5 Å². The summed E-state index contributed by atoms with van der Waals surface area (Å²) >= 11 is 6.97. The second kappa shape index (κ2) is 9.29. The summed E-state index contributed by atoms with van der Waals surface area (Å²) in [5.74, 6) is -1.09. The molecule has 0 aliphatic heterocycles. The van der Waals surface area contributed by atoms with E-state index in [9.17, 15) is 19.7 Å². The van der Waals surface area contributed by atoms with E-state index in [1.165, 1.54) is 35.6 Å². The van der Waals surface area contributed by atoms with Crippen LogP contribution in [0.3, 0.4) is 0 Å². The first kappa shape index (κ1) is 21.2. The molecule has 0 saturated heterocycles. The van der Waals surface area contributed by atoms with Gasteiger partial charge in [0.05, 0.1) is 10.6 Å². The quantitative estimate of drug-likeness (QED) is 0.350. The number of amides is 2. The number of carbonyl (C=O) groups is 2. The molecular weight excluding hydrogens is 428 g/mol. The van der Waals surface area contributed by atoms with E-state index in [2.05, 4.69) is 15.8 Å². The van der Waals surface area contributed by atoms with Crippen molar-refractivity contribution in [1.82, 2.24) is 15.8 Å². The molecule has 0 fully saturated rings. The molecule has 152 valence electrons. The minimum absolute atomic E-state index is 0.00339. The average molecular weight is 443 g/mol. The first-order valence-corrected chi connectivity index (χ1v) is 9.80. The molecule has 10 heteroatoms. The zero-order valence-corrected chi connectivity index (χ0v) is 17.2. The summed E-state index contributed by atoms with van der Waals surface area (Å²) in [5.41, 5.74) is 6.20. The van der Waals surface area contributed by atoms with E-state index in [1.807, 2.05) is 30.3 Å². The molecule has 3 aromatic rings. The number of nitrogens with one attached hydrogen (secondary N) is 2. The van der Waals surface area contributed by atoms with Crippen molar-refractivity contribution in [2.75, 3.05) is 0 Å². The molecule has 1 aromatic heterocycles. The van der Waals surface area contributed by atoms with Crippen molar-refractivity contribution in [1.29, 1.82) is 0 Å². The maximum Gasteiger partial charge on any atom is 0.288 e. The number of rotatable bonds is 5. The monoisotopic (exact) mass is 442 g/mol. The number of aryl methyl sites for hydroxylation is 1. The number of nitro benzene ring substituents is 1. The van der Waals surface area contributed by atoms with E-state index >= 15 is 0 Å². The Morgan fingerprint density at radius 2 is 1.90 bits per heavy atom. The molecule has 2 amide bonds. The highest BCUT2D eigenvalue weighted by Gasteiger charge is 2.16. The van der Waals surface area contributed by atoms with E-state index in [-0.39, 0.29) is 10.7 Å². The number of thiazole rings is 1. The molecule has 2 N–H and O–H groups in total. The lowest BCUT2D eigenvalue weighted by Crippen LogP contribution is -2.40. The minimum Gasteiger partial charge on any atom is -0.268 e. The first-order valence-electron chi connectivity index (χ1n) is 8.60. The number of carbonyl (C=O) groups excluding carboxylic acids is 2. The molecule has 30 heavy (non-hydrogen) atoms. The van der Waals surface area contributed by atoms with E-state index < -0.39 is 16.7 Å². The average Bonchev–Trinajstić information content (AvgIpc) is 3.13. The van der Waals surface area contributed by atoms with Crippen LogP contribution >= 0.6 is 22.9 Å². The van der Waals surface area contributed by atoms with Crippen LogP contribution in [0.2, 0.25) is 5.02 Å². The van der Waals surface area contributed by atoms with Crippen molar-refractivity contribution in [3.63, 3.8) is 0 Å². The molecule has 8 nitrogen and oxygen atoms in total. The van der Waals surface area contributed by atoms with Crippen molar-refractivity contribution in [2.45, 2.75) is 6.92 Å². The van der Waals surface area contributed by atoms with Gasteiger partial charge in [-0.25, -0.2) is 4.98 Å². The third kappa shape index (κ3) is 5.07. The molecular formula is C20H15ClN4O4S. The zero-order chi connectivity index (χ0) is 21.7. The van der Waals surface area contributed by atoms with E-state index in [4.69, 9.17) is 11.6 Å². The van der Waals surface area contributed by atoms with Crippen LogP contribution in [0.25, 0.3) is 16.6 Å². The lowest BCUT2D eigenvalue weighted by molar-refractivity contribution is -0.384. The highest BCUT2D eigenvalue weighted by molar-refractivity contribution is 7.17. The normalized spacial score (nSPS) is 10.7. The summed E-state index contributed by atoms with van der Waals surface area (Å²) in [6.45, 7) is 1.72. The van der Waals surface area contributed by atoms with Gasteiger partial charge in [-0.3, -0.25) is 30.6 Å². The third-order valence-corrected chi connectivity index (χ3v) is 5.44. The van der Waals surface area contributed by atoms with Crippen molar-refractivity contribution in [2.24, 2.45) is 0 Å². The van der Waals surface area contributed by atoms with Crippen molar-refractivity contribution < 1.29 is 14.5 Å². The number of nitrogens with zero attached hydrogens (tertiary/aromatic N) is 2. The Bertz CT molecular complexity index is 1140. The molecule has 2 aromatic carbocycles. The lowest BCUT2D eigenvalue weighted by Gasteiger charge is -2.04. The lowest BCUT2D eigenvalue weighted by atomic mass is 10.2. The van der Waals surface area contributed by atoms with Gasteiger partial charge in [-0.1, -0.05) is 48.0 Å². The van der Waals surface area contributed by atoms with Gasteiger partial charge in [-0.2, -0.15) is 0 Å². The van der Waals surface area contributed by atoms with Crippen LogP contribution in [0.4, 0.5) is 5.69 Å². The molecule has 3 rings (SSSR count). The number of hydrogen-bond acceptors (Lipinski definition) is 6. The summed E-state index contributed by atoms with van der Waals surface area (Å²) in [6, 6.07) is 13.6. The second-order valence-corrected chi connectivity index (χ2v) is 7.45. The number of hydrogen-bond donors (Lipinski definition) is 2. The van der Waals surface area contributed by atoms with Crippen LogP contribution in [0.5, 0.6) is 0 Å². The highest BCUT2D eigenvalue weighted by Crippen LogP contribution is 2.27. The Kier molecular flexibility index (Phi) is 6.55. The SMILES string of the molecule is Cc1nc(-c2ccccc2)sc1C(=O)NNC(=O)/C=C/c1ccc(Cl)c([N+](=O)[O-])c1. The number of halogens is 1. The Morgan fingerprint density at radius 3 is 2.60 bits per heavy atom. The van der Waals surface area contributed by atoms with E-state index in [0.29, 0.717) is 21.1 Å². The smallest absolute Gasteiger partial charge is 0.268 e. The van der Waals surface area contributed by atoms with E-state index in [0.717, 1.165) is 11.6 Å². The number of nitro groups is 1. The van der Waals surface area contributed by atoms with Crippen LogP contribution in [0, 0.1) is 17.0 Å². The van der Waals surface area contributed by atoms with Gasteiger partial charge in [0.2, 0.25) is 0 Å². The topological polar surface area (TPSA) is 114 Å². The fourth-order valence-electron chi connectivity index (χ4n) is 2.47. The molecule has 0 atom stereocenters. The molecule has 0 bridgehead atoms. The van der Waals surface area contributed by atoms with Gasteiger partial charge < -0.3 is 0 Å². The predicted octanol–water partition coefficient (Wildman–Crippen LogP) is 4.15. The summed E-state index contributed by atoms with van der Waals surface area (Å²) in [5, 5.41) is 11.6. The maximum absolute atomic E-state index is 12.4. The summed E-state index contributed by atoms with van der Waals surface area (Å²) in [6.07, 6.45) is 2.51. The van der Waals surface area contributed by atoms with Crippen LogP contribution in [0.15, 0.2) is 54.6 Å². The predicted molar refractivity (Wildman–Crippen MR) is 115 cm³/mol. The second-order valence-electron chi connectivity index (χ2n) is 6.04. The van der Waals surface area contributed by atoms with Gasteiger partial charge in [-0.05, 0) is 24.6 Å². The molecule has 0 saturated carbocycles. The maximum atomic E-state index is 12.4. The van der Waals surface area contributed by atoms with E-state index in [1.54, 1.807) is 6.92 Å². The molecule has 0 spiro atoms. The Morgan fingerprint density at radius 1 is 1.17 bits per heavy atom. The molecule has 0 aliphatic carbocycles. The van der Waals surface area contributed by atoms with Crippen LogP contribution < -0.4 is 10.9 Å². The van der Waals surface area contributed by atoms with Gasteiger partial charge in [-0.15, -0.1) is 11.3 Å². The summed E-state index contributed by atoms with van der Waals surface area (Å²) in [7, 11) is 0. The first-order chi connectivity index (χ1) is 14.3. The van der Waals surface area contributed by atoms with Gasteiger partial charge in [0.1, 0.15) is 14.9 Å². The standard InChI is InChI=1S/C20H15ClN4O4S/c1-12-18(30-20(22-12)14-5-3-2-4-6-14)19(27)24-23-17(26)10-8-13-7-9-15(21)16(11-13)25(28)29/h2-11H,1H3,(H,23,26)(H,24,27)/b10-8+. The van der Waals surface area contributed by atoms with Crippen LogP contribution in [-0.2, 0) is 4.79 Å². The minimum atomic E-state index is -0.610. The largest absolute Gasteiger partial charge is 0.288 e. The Labute approximate surface area is 180 Å². The summed E-state index contributed by atoms with van der Waals surface area (Å²) < 4.78 is 0. The van der Waals surface area contributed by atoms with Gasteiger partial charge in [0.15, 0.2) is 0 Å². The van der Waals surface area contributed by atoms with Gasteiger partial charge in [0, 0.05) is 17.7 Å². The van der Waals surface area contributed by atoms with Crippen LogP contribution in [-0.4, -0.2) is 21.7 Å². The van der Waals surface area contributed by atoms with Crippen molar-refractivity contribution in [3.05, 3.63) is 85.9 Å². The Balaban J connectivity index is 1.62. The third-order valence-electron chi connectivity index (χ3n) is 3.92. The number of hydrazine groups is 1. The fourth-order valence-corrected chi connectivity index (χ4v) is 3.63. The summed E-state index contributed by atoms with van der Waals surface area (Å²) in [4.78, 5) is 39.4. The molecule has 0 radical (unpaired) electrons. The highest BCUT2D eigenvalue weighted by atomic mass is 35.5. The zero-order valence-electron chi connectivity index (χ0n) is 15.6. The number of benzene rings is 2. The molecule has 1 heterocycles. The van der Waals surface area contributed by atoms with Gasteiger partial charge in [0.25, 0.3) is 17.5 Å². The molecule has 0 aliphatic rings. The fraction of sp³-hybridized carbons (Fsp3) is 0.0500. The Hall–Kier alpha value is -3.56. The molecule has 0 unspecified atom stereocenters. The van der Waals surface area contributed by atoms with Crippen molar-refractivity contribution in [3.8, 4) is 10.6 Å². The van der Waals surface area contributed by atoms with Crippen LogP contribution in [0.1, 0.15) is 20.9 Å². The number of aromatic nitrogens is 1.